The first-order chi connectivity index (χ1) is 35.7. The van der Waals surface area contributed by atoms with E-state index in [1.54, 1.807) is 0 Å². The molecule has 0 radical (unpaired) electrons. The summed E-state index contributed by atoms with van der Waals surface area (Å²) in [5.41, 5.74) is 19.7. The highest BCUT2D eigenvalue weighted by molar-refractivity contribution is 7.99. The molecule has 0 unspecified atom stereocenters. The summed E-state index contributed by atoms with van der Waals surface area (Å²) in [5.74, 6) is 0. The molecule has 0 saturated carbocycles. The van der Waals surface area contributed by atoms with Crippen molar-refractivity contribution in [2.75, 3.05) is 4.90 Å². The SMILES string of the molecule is c1ccc(C2(c3ccccc3)c3ccccc3-c3ccc(N(c4ccc5oc6ccccc6c5c4)c4cccc5sc6cc7c(cc6c45)-c4ccccc4C74c5ccccc5Sc5ccccc54)cc32)cc1. The number of hydrogen-bond acceptors (Lipinski definition) is 4. The van der Waals surface area contributed by atoms with E-state index in [-0.39, 0.29) is 0 Å². The van der Waals surface area contributed by atoms with Gasteiger partial charge in [0.25, 0.3) is 0 Å². The summed E-state index contributed by atoms with van der Waals surface area (Å²) in [6.45, 7) is 0. The van der Waals surface area contributed by atoms with E-state index in [4.69, 9.17) is 4.42 Å². The Balaban J connectivity index is 0.986. The number of furan rings is 1. The van der Waals surface area contributed by atoms with E-state index in [2.05, 4.69) is 254 Å². The van der Waals surface area contributed by atoms with Crippen LogP contribution < -0.4 is 4.90 Å². The largest absolute Gasteiger partial charge is 0.456 e. The van der Waals surface area contributed by atoms with Crippen LogP contribution in [0, 0.1) is 0 Å². The summed E-state index contributed by atoms with van der Waals surface area (Å²) < 4.78 is 9.02. The molecule has 336 valence electrons. The number of hydrogen-bond donors (Lipinski definition) is 0. The third-order valence-corrected chi connectivity index (χ3v) is 18.3. The lowest BCUT2D eigenvalue weighted by atomic mass is 9.67. The first-order valence-corrected chi connectivity index (χ1v) is 26.4. The number of fused-ring (bicyclic) bond motifs is 18. The molecule has 2 nitrogen and oxygen atoms in total. The fraction of sp³-hybridized carbons (Fsp3) is 0.0294. The highest BCUT2D eigenvalue weighted by Gasteiger charge is 2.51. The summed E-state index contributed by atoms with van der Waals surface area (Å²) in [5, 5.41) is 4.71. The van der Waals surface area contributed by atoms with Crippen LogP contribution in [0.4, 0.5) is 17.1 Å². The molecule has 11 aromatic carbocycles. The average molecular weight is 952 g/mol. The van der Waals surface area contributed by atoms with Gasteiger partial charge in [0.05, 0.1) is 16.5 Å². The Morgan fingerprint density at radius 2 is 0.889 bits per heavy atom. The third-order valence-electron chi connectivity index (χ3n) is 16.0. The van der Waals surface area contributed by atoms with Gasteiger partial charge in [-0.2, -0.15) is 0 Å². The molecule has 0 N–H and O–H groups in total. The molecule has 1 spiro atoms. The molecule has 4 heteroatoms. The number of anilines is 3. The van der Waals surface area contributed by atoms with Gasteiger partial charge >= 0.3 is 0 Å². The zero-order chi connectivity index (χ0) is 47.1. The van der Waals surface area contributed by atoms with Crippen molar-refractivity contribution < 1.29 is 4.42 Å². The quantitative estimate of drug-likeness (QED) is 0.171. The Hall–Kier alpha value is -8.41. The lowest BCUT2D eigenvalue weighted by molar-refractivity contribution is 0.669. The van der Waals surface area contributed by atoms with E-state index in [0.29, 0.717) is 0 Å². The smallest absolute Gasteiger partial charge is 0.135 e. The van der Waals surface area contributed by atoms with Crippen LogP contribution >= 0.6 is 23.1 Å². The fourth-order valence-electron chi connectivity index (χ4n) is 13.2. The van der Waals surface area contributed by atoms with Gasteiger partial charge in [-0.3, -0.25) is 0 Å². The minimum absolute atomic E-state index is 0.446. The zero-order valence-corrected chi connectivity index (χ0v) is 40.5. The van der Waals surface area contributed by atoms with Gasteiger partial charge in [-0.1, -0.05) is 188 Å². The maximum atomic E-state index is 6.48. The van der Waals surface area contributed by atoms with Crippen LogP contribution in [0.2, 0.25) is 0 Å². The maximum Gasteiger partial charge on any atom is 0.135 e. The number of para-hydroxylation sites is 1. The summed E-state index contributed by atoms with van der Waals surface area (Å²) in [4.78, 5) is 5.15. The number of nitrogens with zero attached hydrogens (tertiary/aromatic N) is 1. The van der Waals surface area contributed by atoms with Crippen LogP contribution in [0.25, 0.3) is 64.4 Å². The lowest BCUT2D eigenvalue weighted by Crippen LogP contribution is -2.31. The van der Waals surface area contributed by atoms with Crippen molar-refractivity contribution in [3.8, 4) is 22.3 Å². The number of rotatable bonds is 5. The molecule has 0 amide bonds. The summed E-state index contributed by atoms with van der Waals surface area (Å²) in [6, 6.07) is 93.0. The van der Waals surface area contributed by atoms with Crippen LogP contribution in [-0.4, -0.2) is 0 Å². The van der Waals surface area contributed by atoms with Crippen molar-refractivity contribution in [1.82, 2.24) is 0 Å². The Kier molecular flexibility index (Phi) is 8.43. The van der Waals surface area contributed by atoms with E-state index < -0.39 is 10.8 Å². The molecule has 0 bridgehead atoms. The van der Waals surface area contributed by atoms with Crippen LogP contribution in [0.15, 0.2) is 263 Å². The normalized spacial score (nSPS) is 14.3. The molecular formula is C68H41NOS2. The van der Waals surface area contributed by atoms with Gasteiger partial charge in [-0.15, -0.1) is 11.3 Å². The van der Waals surface area contributed by atoms with Crippen molar-refractivity contribution >= 4 is 82.3 Å². The van der Waals surface area contributed by atoms with Crippen molar-refractivity contribution in [1.29, 1.82) is 0 Å². The topological polar surface area (TPSA) is 16.4 Å². The van der Waals surface area contributed by atoms with Crippen LogP contribution in [0.3, 0.4) is 0 Å². The molecular weight excluding hydrogens is 911 g/mol. The standard InChI is InChI=1S/C68H41NOS2/c1-3-18-42(19-4-1)67(43-20-5-2-6-21-43)53-25-10-7-22-46(53)48-36-34-45(39-57(48)67)69(44-35-37-61-51(38-44)49-24-9-14-30-60(49)70-61)59-29-17-33-64-66(59)52-40-50-47-23-8-11-26-54(47)68(58(50)41-65(52)72-64)55-27-12-15-31-62(55)71-63-32-16-13-28-56(63)68/h1-41H. The van der Waals surface area contributed by atoms with E-state index >= 15 is 0 Å². The van der Waals surface area contributed by atoms with Gasteiger partial charge in [0.1, 0.15) is 11.2 Å². The summed E-state index contributed by atoms with van der Waals surface area (Å²) in [7, 11) is 0. The first-order valence-electron chi connectivity index (χ1n) is 24.7. The lowest BCUT2D eigenvalue weighted by Gasteiger charge is -2.39. The molecule has 0 fully saturated rings. The predicted octanol–water partition coefficient (Wildman–Crippen LogP) is 18.6. The first kappa shape index (κ1) is 40.3. The van der Waals surface area contributed by atoms with Gasteiger partial charge in [-0.25, -0.2) is 0 Å². The molecule has 16 rings (SSSR count). The molecule has 0 saturated heterocycles. The van der Waals surface area contributed by atoms with E-state index in [0.717, 1.165) is 39.0 Å². The summed E-state index contributed by atoms with van der Waals surface area (Å²) in [6.07, 6.45) is 0. The molecule has 2 aromatic heterocycles. The molecule has 13 aromatic rings. The zero-order valence-electron chi connectivity index (χ0n) is 38.8. The minimum atomic E-state index is -0.555. The third kappa shape index (κ3) is 5.30. The van der Waals surface area contributed by atoms with E-state index in [1.807, 2.05) is 23.1 Å². The molecule has 72 heavy (non-hydrogen) atoms. The molecule has 0 atom stereocenters. The monoisotopic (exact) mass is 951 g/mol. The highest BCUT2D eigenvalue weighted by atomic mass is 32.2. The van der Waals surface area contributed by atoms with Crippen molar-refractivity contribution in [3.05, 3.63) is 293 Å². The van der Waals surface area contributed by atoms with Crippen molar-refractivity contribution in [3.63, 3.8) is 0 Å². The molecule has 3 heterocycles. The minimum Gasteiger partial charge on any atom is -0.456 e. The fourth-order valence-corrected chi connectivity index (χ4v) is 15.5. The second-order valence-corrected chi connectivity index (χ2v) is 21.6. The van der Waals surface area contributed by atoms with Crippen LogP contribution in [0.5, 0.6) is 0 Å². The predicted molar refractivity (Wildman–Crippen MR) is 300 cm³/mol. The average Bonchev–Trinajstić information content (AvgIpc) is 4.17. The highest BCUT2D eigenvalue weighted by Crippen LogP contribution is 2.64. The van der Waals surface area contributed by atoms with Gasteiger partial charge in [0.15, 0.2) is 0 Å². The van der Waals surface area contributed by atoms with Gasteiger partial charge in [0, 0.05) is 52.1 Å². The second kappa shape index (κ2) is 15.1. The van der Waals surface area contributed by atoms with Gasteiger partial charge in [0.2, 0.25) is 0 Å². The van der Waals surface area contributed by atoms with Crippen LogP contribution in [0.1, 0.15) is 44.5 Å². The second-order valence-electron chi connectivity index (χ2n) is 19.4. The Morgan fingerprint density at radius 1 is 0.333 bits per heavy atom. The van der Waals surface area contributed by atoms with Crippen molar-refractivity contribution in [2.45, 2.75) is 20.6 Å². The Labute approximate surface area is 425 Å². The van der Waals surface area contributed by atoms with E-state index in [1.165, 1.54) is 96.7 Å². The van der Waals surface area contributed by atoms with Gasteiger partial charge in [-0.05, 0) is 140 Å². The Morgan fingerprint density at radius 3 is 1.62 bits per heavy atom. The number of benzene rings is 11. The number of thiophene rings is 1. The molecule has 1 aliphatic heterocycles. The maximum absolute atomic E-state index is 6.48. The van der Waals surface area contributed by atoms with Crippen molar-refractivity contribution in [2.24, 2.45) is 0 Å². The van der Waals surface area contributed by atoms with E-state index in [9.17, 15) is 0 Å². The molecule has 2 aliphatic carbocycles. The molecule has 3 aliphatic rings. The van der Waals surface area contributed by atoms with Gasteiger partial charge < -0.3 is 9.32 Å². The summed E-state index contributed by atoms with van der Waals surface area (Å²) >= 11 is 3.80. The van der Waals surface area contributed by atoms with Crippen LogP contribution in [-0.2, 0) is 10.8 Å². The Bertz CT molecular complexity index is 4310.